The number of rotatable bonds is 4. The molecule has 0 bridgehead atoms. The maximum atomic E-state index is 12.8. The molecule has 1 unspecified atom stereocenters. The van der Waals surface area contributed by atoms with Gasteiger partial charge in [0.1, 0.15) is 6.04 Å². The lowest BCUT2D eigenvalue weighted by Gasteiger charge is -2.33. The number of carbonyl (C=O) groups is 3. The fourth-order valence-corrected chi connectivity index (χ4v) is 3.57. The molecule has 25 heavy (non-hydrogen) atoms. The van der Waals surface area contributed by atoms with Gasteiger partial charge in [0.2, 0.25) is 5.91 Å². The van der Waals surface area contributed by atoms with E-state index in [1.165, 1.54) is 7.11 Å². The molecule has 2 fully saturated rings. The van der Waals surface area contributed by atoms with Crippen molar-refractivity contribution in [2.24, 2.45) is 0 Å². The molecule has 0 aromatic heterocycles. The third-order valence-electron chi connectivity index (χ3n) is 4.98. The average Bonchev–Trinajstić information content (AvgIpc) is 3.06. The van der Waals surface area contributed by atoms with Gasteiger partial charge in [-0.1, -0.05) is 12.1 Å². The van der Waals surface area contributed by atoms with Crippen LogP contribution in [0.15, 0.2) is 24.3 Å². The summed E-state index contributed by atoms with van der Waals surface area (Å²) >= 11 is 0. The minimum atomic E-state index is -0.492. The Morgan fingerprint density at radius 3 is 2.52 bits per heavy atom. The number of benzene rings is 1. The van der Waals surface area contributed by atoms with Crippen molar-refractivity contribution in [3.63, 3.8) is 0 Å². The zero-order valence-electron chi connectivity index (χ0n) is 14.6. The largest absolute Gasteiger partial charge is 0.467 e. The van der Waals surface area contributed by atoms with Gasteiger partial charge in [-0.05, 0) is 43.4 Å². The Morgan fingerprint density at radius 1 is 1.12 bits per heavy atom. The second-order valence-corrected chi connectivity index (χ2v) is 6.65. The van der Waals surface area contributed by atoms with Crippen molar-refractivity contribution < 1.29 is 19.1 Å². The topological polar surface area (TPSA) is 66.9 Å². The van der Waals surface area contributed by atoms with Crippen molar-refractivity contribution in [1.29, 1.82) is 0 Å². The zero-order valence-corrected chi connectivity index (χ0v) is 14.6. The molecule has 2 aliphatic rings. The Labute approximate surface area is 147 Å². The molecule has 134 valence electrons. The number of piperidine rings is 1. The van der Waals surface area contributed by atoms with Crippen LogP contribution in [0.1, 0.15) is 48.0 Å². The van der Waals surface area contributed by atoms with Crippen molar-refractivity contribution in [3.05, 3.63) is 35.4 Å². The van der Waals surface area contributed by atoms with Crippen LogP contribution in [0.4, 0.5) is 0 Å². The number of hydrogen-bond donors (Lipinski definition) is 0. The lowest BCUT2D eigenvalue weighted by Crippen LogP contribution is -2.48. The smallest absolute Gasteiger partial charge is 0.328 e. The van der Waals surface area contributed by atoms with E-state index in [4.69, 9.17) is 4.74 Å². The molecule has 3 rings (SSSR count). The fourth-order valence-electron chi connectivity index (χ4n) is 3.57. The lowest BCUT2D eigenvalue weighted by molar-refractivity contribution is -0.147. The monoisotopic (exact) mass is 344 g/mol. The first-order valence-electron chi connectivity index (χ1n) is 8.85. The van der Waals surface area contributed by atoms with E-state index in [1.807, 2.05) is 17.0 Å². The fraction of sp³-hybridized carbons (Fsp3) is 0.526. The van der Waals surface area contributed by atoms with Gasteiger partial charge in [-0.3, -0.25) is 9.59 Å². The van der Waals surface area contributed by atoms with Crippen LogP contribution in [0, 0.1) is 0 Å². The number of likely N-dealkylation sites (tertiary alicyclic amines) is 2. The number of esters is 1. The first-order valence-corrected chi connectivity index (χ1v) is 8.85. The van der Waals surface area contributed by atoms with Gasteiger partial charge in [-0.25, -0.2) is 4.79 Å². The Kier molecular flexibility index (Phi) is 5.36. The van der Waals surface area contributed by atoms with Gasteiger partial charge in [-0.15, -0.1) is 0 Å². The van der Waals surface area contributed by atoms with Gasteiger partial charge < -0.3 is 14.5 Å². The molecule has 0 radical (unpaired) electrons. The molecule has 6 heteroatoms. The van der Waals surface area contributed by atoms with E-state index in [0.29, 0.717) is 31.5 Å². The number of nitrogens with zero attached hydrogens (tertiary/aromatic N) is 2. The Balaban J connectivity index is 1.69. The van der Waals surface area contributed by atoms with Crippen molar-refractivity contribution in [2.45, 2.75) is 44.7 Å². The molecule has 2 heterocycles. The van der Waals surface area contributed by atoms with E-state index >= 15 is 0 Å². The zero-order chi connectivity index (χ0) is 17.8. The molecule has 1 aromatic carbocycles. The van der Waals surface area contributed by atoms with Crippen molar-refractivity contribution >= 4 is 17.8 Å². The highest BCUT2D eigenvalue weighted by atomic mass is 16.5. The molecular weight excluding hydrogens is 320 g/mol. The summed E-state index contributed by atoms with van der Waals surface area (Å²) in [4.78, 5) is 39.9. The Bertz CT molecular complexity index is 656. The minimum Gasteiger partial charge on any atom is -0.467 e. The summed E-state index contributed by atoms with van der Waals surface area (Å²) < 4.78 is 4.84. The summed E-state index contributed by atoms with van der Waals surface area (Å²) in [5.41, 5.74) is 1.57. The van der Waals surface area contributed by atoms with Crippen LogP contribution >= 0.6 is 0 Å². The number of carbonyl (C=O) groups excluding carboxylic acids is 3. The summed E-state index contributed by atoms with van der Waals surface area (Å²) in [6, 6.07) is 6.84. The molecule has 2 amide bonds. The predicted octanol–water partition coefficient (Wildman–Crippen LogP) is 1.98. The minimum absolute atomic E-state index is 0.140. The number of ether oxygens (including phenoxy) is 1. The van der Waals surface area contributed by atoms with Crippen LogP contribution < -0.4 is 0 Å². The lowest BCUT2D eigenvalue weighted by atomic mass is 10.0. The van der Waals surface area contributed by atoms with Crippen molar-refractivity contribution in [3.8, 4) is 0 Å². The van der Waals surface area contributed by atoms with E-state index in [-0.39, 0.29) is 17.8 Å². The first-order chi connectivity index (χ1) is 12.1. The maximum absolute atomic E-state index is 12.8. The standard InChI is InChI=1S/C19H24N2O4/c1-25-19(24)16-5-2-3-12-21(16)18(23)15-9-7-14(8-10-15)13-20-11-4-6-17(20)22/h7-10,16H,2-6,11-13H2,1H3. The highest BCUT2D eigenvalue weighted by Crippen LogP contribution is 2.21. The molecule has 6 nitrogen and oxygen atoms in total. The quantitative estimate of drug-likeness (QED) is 0.783. The summed E-state index contributed by atoms with van der Waals surface area (Å²) in [5, 5.41) is 0. The third-order valence-corrected chi connectivity index (χ3v) is 4.98. The van der Waals surface area contributed by atoms with E-state index in [9.17, 15) is 14.4 Å². The SMILES string of the molecule is COC(=O)C1CCCCN1C(=O)c1ccc(CN2CCCC2=O)cc1. The maximum Gasteiger partial charge on any atom is 0.328 e. The third kappa shape index (κ3) is 3.83. The Morgan fingerprint density at radius 2 is 1.88 bits per heavy atom. The van der Waals surface area contributed by atoms with Crippen molar-refractivity contribution in [2.75, 3.05) is 20.2 Å². The normalized spacial score (nSPS) is 20.7. The van der Waals surface area contributed by atoms with Gasteiger partial charge in [0, 0.05) is 31.6 Å². The van der Waals surface area contributed by atoms with Crippen LogP contribution in [0.5, 0.6) is 0 Å². The molecule has 0 saturated carbocycles. The van der Waals surface area contributed by atoms with Gasteiger partial charge in [0.25, 0.3) is 5.91 Å². The molecule has 2 aliphatic heterocycles. The van der Waals surface area contributed by atoms with E-state index in [1.54, 1.807) is 17.0 Å². The second-order valence-electron chi connectivity index (χ2n) is 6.65. The van der Waals surface area contributed by atoms with Gasteiger partial charge >= 0.3 is 5.97 Å². The number of hydrogen-bond acceptors (Lipinski definition) is 4. The first kappa shape index (κ1) is 17.5. The van der Waals surface area contributed by atoms with Crippen LogP contribution in [0.2, 0.25) is 0 Å². The van der Waals surface area contributed by atoms with Gasteiger partial charge in [0.05, 0.1) is 7.11 Å². The molecule has 2 saturated heterocycles. The Hall–Kier alpha value is -2.37. The van der Waals surface area contributed by atoms with E-state index in [2.05, 4.69) is 0 Å². The molecule has 1 atom stereocenters. The molecule has 0 spiro atoms. The average molecular weight is 344 g/mol. The van der Waals surface area contributed by atoms with E-state index < -0.39 is 6.04 Å². The summed E-state index contributed by atoms with van der Waals surface area (Å²) in [6.07, 6.45) is 4.01. The van der Waals surface area contributed by atoms with E-state index in [0.717, 1.165) is 31.4 Å². The summed E-state index contributed by atoms with van der Waals surface area (Å²) in [7, 11) is 1.36. The number of methoxy groups -OCH3 is 1. The highest BCUT2D eigenvalue weighted by molar-refractivity contribution is 5.97. The van der Waals surface area contributed by atoms with Gasteiger partial charge in [-0.2, -0.15) is 0 Å². The summed E-state index contributed by atoms with van der Waals surface area (Å²) in [6.45, 7) is 1.96. The molecule has 0 N–H and O–H groups in total. The van der Waals surface area contributed by atoms with Crippen LogP contribution in [-0.2, 0) is 20.9 Å². The van der Waals surface area contributed by atoms with Crippen LogP contribution in [0.3, 0.4) is 0 Å². The molecule has 0 aliphatic carbocycles. The molecular formula is C19H24N2O4. The second kappa shape index (κ2) is 7.68. The van der Waals surface area contributed by atoms with Gasteiger partial charge in [0.15, 0.2) is 0 Å². The van der Waals surface area contributed by atoms with Crippen LogP contribution in [0.25, 0.3) is 0 Å². The van der Waals surface area contributed by atoms with Crippen molar-refractivity contribution in [1.82, 2.24) is 9.80 Å². The predicted molar refractivity (Wildman–Crippen MR) is 91.8 cm³/mol. The number of amides is 2. The summed E-state index contributed by atoms with van der Waals surface area (Å²) in [5.74, 6) is -0.300. The van der Waals surface area contributed by atoms with Crippen LogP contribution in [-0.4, -0.2) is 53.8 Å². The molecule has 1 aromatic rings. The highest BCUT2D eigenvalue weighted by Gasteiger charge is 2.33.